The van der Waals surface area contributed by atoms with Gasteiger partial charge < -0.3 is 8.83 Å². The average Bonchev–Trinajstić information content (AvgIpc) is 1.62. The van der Waals surface area contributed by atoms with Crippen LogP contribution in [0.2, 0.25) is 10.0 Å². The smallest absolute Gasteiger partial charge is 0.225 e. The number of oxazole rings is 2. The first kappa shape index (κ1) is 97.7. The highest BCUT2D eigenvalue weighted by atomic mass is 35.5. The second-order valence-corrected chi connectivity index (χ2v) is 39.7. The van der Waals surface area contributed by atoms with Crippen LogP contribution in [0.15, 0.2) is 360 Å². The van der Waals surface area contributed by atoms with Gasteiger partial charge in [0.05, 0.1) is 6.20 Å². The van der Waals surface area contributed by atoms with E-state index in [1.54, 1.807) is 59.6 Å². The molecule has 0 aliphatic rings. The molecule has 0 N–H and O–H groups in total. The second-order valence-electron chi connectivity index (χ2n) is 37.0. The van der Waals surface area contributed by atoms with E-state index in [9.17, 15) is 8.78 Å². The maximum absolute atomic E-state index is 13.7. The molecule has 646 valence electrons. The summed E-state index contributed by atoms with van der Waals surface area (Å²) in [5, 5.41) is 5.85. The summed E-state index contributed by atoms with van der Waals surface area (Å²) in [6.45, 7) is 46.4. The Bertz CT molecular complexity index is 5710. The van der Waals surface area contributed by atoms with E-state index in [0.29, 0.717) is 29.2 Å². The van der Waals surface area contributed by atoms with Crippen molar-refractivity contribution < 1.29 is 17.6 Å². The number of rotatable bonds is 11. The van der Waals surface area contributed by atoms with E-state index in [-0.39, 0.29) is 38.7 Å². The van der Waals surface area contributed by atoms with Gasteiger partial charge in [-0.2, -0.15) is 0 Å². The molecule has 0 bridgehead atoms. The Morgan fingerprint density at radius 1 is 0.328 bits per heavy atom. The number of benzene rings is 12. The van der Waals surface area contributed by atoms with Crippen molar-refractivity contribution in [2.75, 3.05) is 0 Å². The largest absolute Gasteiger partial charge is 0.451 e. The van der Waals surface area contributed by atoms with E-state index in [0.717, 1.165) is 49.1 Å². The predicted octanol–water partition coefficient (Wildman–Crippen LogP) is 36.4. The number of hydrogen-bond donors (Lipinski definition) is 0. The Morgan fingerprint density at radius 3 is 1.22 bits per heavy atom. The topological polar surface area (TPSA) is 52.1 Å². The van der Waals surface area contributed by atoms with Crippen molar-refractivity contribution in [3.8, 4) is 88.1 Å². The molecule has 0 fully saturated rings. The molecule has 0 atom stereocenters. The lowest BCUT2D eigenvalue weighted by atomic mass is 9.82. The molecule has 0 radical (unpaired) electrons. The molecule has 0 amide bonds. The summed E-state index contributed by atoms with van der Waals surface area (Å²) in [4.78, 5) is 10.9. The highest BCUT2D eigenvalue weighted by Gasteiger charge is 2.23. The van der Waals surface area contributed by atoms with Crippen LogP contribution in [-0.2, 0) is 27.1 Å². The zero-order valence-corrected chi connectivity index (χ0v) is 79.9. The monoisotopic (exact) mass is 1740 g/mol. The molecule has 4 heterocycles. The molecule has 0 spiro atoms. The van der Waals surface area contributed by atoms with Crippen LogP contribution in [-0.4, -0.2) is 9.97 Å². The molecule has 0 aliphatic carbocycles. The number of halogens is 4. The van der Waals surface area contributed by atoms with Crippen molar-refractivity contribution >= 4 is 45.9 Å². The first-order valence-electron chi connectivity index (χ1n) is 43.0. The lowest BCUT2D eigenvalue weighted by Crippen LogP contribution is -2.12. The summed E-state index contributed by atoms with van der Waals surface area (Å²) < 4.78 is 37.1. The van der Waals surface area contributed by atoms with Crippen LogP contribution < -0.4 is 0 Å². The van der Waals surface area contributed by atoms with Crippen molar-refractivity contribution in [1.29, 1.82) is 0 Å². The number of aromatic nitrogens is 2. The Kier molecular flexibility index (Phi) is 35.7. The maximum Gasteiger partial charge on any atom is 0.225 e. The van der Waals surface area contributed by atoms with Crippen LogP contribution in [0, 0.1) is 11.6 Å². The third kappa shape index (κ3) is 29.2. The second kappa shape index (κ2) is 45.7. The summed E-state index contributed by atoms with van der Waals surface area (Å²) in [6, 6.07) is 106. The van der Waals surface area contributed by atoms with Crippen LogP contribution in [0.3, 0.4) is 0 Å². The number of nitrogens with zero attached hydrogens (tertiary/aromatic N) is 2. The fourth-order valence-corrected chi connectivity index (χ4v) is 16.1. The van der Waals surface area contributed by atoms with Crippen LogP contribution in [0.1, 0.15) is 208 Å². The van der Waals surface area contributed by atoms with Crippen molar-refractivity contribution in [2.45, 2.75) is 190 Å². The molecule has 0 saturated carbocycles. The summed E-state index contributed by atoms with van der Waals surface area (Å²) in [6.07, 6.45) is 6.35. The molecule has 125 heavy (non-hydrogen) atoms. The van der Waals surface area contributed by atoms with Crippen molar-refractivity contribution in [3.63, 3.8) is 0 Å². The van der Waals surface area contributed by atoms with Crippen molar-refractivity contribution in [1.82, 2.24) is 9.97 Å². The van der Waals surface area contributed by atoms with Gasteiger partial charge in [0.1, 0.15) is 29.9 Å². The predicted molar refractivity (Wildman–Crippen MR) is 537 cm³/mol. The number of thiophene rings is 2. The minimum Gasteiger partial charge on any atom is -0.451 e. The van der Waals surface area contributed by atoms with Crippen LogP contribution in [0.25, 0.3) is 88.1 Å². The minimum atomic E-state index is -0.189. The Hall–Kier alpha value is -11.1. The quantitative estimate of drug-likeness (QED) is 0.129. The minimum absolute atomic E-state index is 0.0584. The third-order valence-corrected chi connectivity index (χ3v) is 23.4. The first-order chi connectivity index (χ1) is 59.4. The fourth-order valence-electron chi connectivity index (χ4n) is 14.2. The molecular weight excluding hydrogens is 1610 g/mol. The highest BCUT2D eigenvalue weighted by molar-refractivity contribution is 7.13. The highest BCUT2D eigenvalue weighted by Crippen LogP contribution is 2.41. The van der Waals surface area contributed by atoms with E-state index >= 15 is 0 Å². The molecule has 10 heteroatoms. The van der Waals surface area contributed by atoms with Gasteiger partial charge in [-0.25, -0.2) is 18.7 Å². The van der Waals surface area contributed by atoms with Gasteiger partial charge >= 0.3 is 0 Å². The van der Waals surface area contributed by atoms with Crippen LogP contribution in [0.5, 0.6) is 0 Å². The maximum atomic E-state index is 13.7. The summed E-state index contributed by atoms with van der Waals surface area (Å²) >= 11 is 15.9. The summed E-state index contributed by atoms with van der Waals surface area (Å²) in [7, 11) is 0. The van der Waals surface area contributed by atoms with E-state index in [2.05, 4.69) is 354 Å². The molecule has 4 nitrogen and oxygen atoms in total. The normalized spacial score (nSPS) is 11.3. The fraction of sp³-hybridized carbons (Fsp3) is 0.252. The molecule has 4 aromatic heterocycles. The molecule has 12 aromatic carbocycles. The van der Waals surface area contributed by atoms with Crippen molar-refractivity contribution in [2.24, 2.45) is 0 Å². The van der Waals surface area contributed by atoms with Gasteiger partial charge in [0.2, 0.25) is 5.89 Å². The van der Waals surface area contributed by atoms with Gasteiger partial charge in [0, 0.05) is 42.1 Å². The first-order valence-corrected chi connectivity index (χ1v) is 45.5. The Morgan fingerprint density at radius 2 is 0.760 bits per heavy atom. The molecule has 16 aromatic rings. The zero-order chi connectivity index (χ0) is 90.7. The van der Waals surface area contributed by atoms with Gasteiger partial charge in [0.15, 0.2) is 6.39 Å². The van der Waals surface area contributed by atoms with Gasteiger partial charge in [-0.1, -0.05) is 417 Å². The SMILES string of the molecule is CC(C)(C)c1cccc(-c2cccs2)c1.CC(C)(C)c1ccccc1-c1cccc(Cl)c1.CC(C)(C)c1ccccc1-c1cccc(F)c1.CC(C)(C)c1ccccc1-c1ccccc1Cl.CC(C)(C)c1ccccc1-c1cccs1.CC(C)c1ccc(-c2cocn2)cc1.CC(C)c1ccc(-c2ncco2)cc1.CC(C)c1ccccc1-c1ccccc1F. The Balaban J connectivity index is 0.000000162. The zero-order valence-electron chi connectivity index (χ0n) is 76.8. The standard InChI is InChI=1S/2C16H17Cl.C16H17F.C15H15F.2C14H16S.2C12H13NO/c1-16(2,3)14-10-6-4-8-12(14)13-9-5-7-11-15(13)17;2*1-16(2,3)15-10-5-4-9-14(15)12-7-6-8-13(17)11-12;1-11(2)12-7-3-4-8-13(12)14-9-5-6-10-15(14)16;1-14(2,3)12-7-4-6-11(10-12)13-8-5-9-15-13;1-14(2,3)12-8-5-4-7-11(12)13-9-6-10-15-13;1-9(2)10-3-5-11(6-4-10)12-7-14-8-13-12;1-9(2)10-3-5-11(6-4-10)12-13-7-8-14-12/h3*4-11H,1-3H3;3-11H,1-2H3;2*4-10H,1-3H3;2*3-9H,1-2H3. The van der Waals surface area contributed by atoms with Crippen LogP contribution >= 0.6 is 45.9 Å². The van der Waals surface area contributed by atoms with Gasteiger partial charge in [-0.3, -0.25) is 0 Å². The van der Waals surface area contributed by atoms with E-state index in [1.165, 1.54) is 101 Å². The summed E-state index contributed by atoms with van der Waals surface area (Å²) in [5.74, 6) is 1.87. The van der Waals surface area contributed by atoms with E-state index in [1.807, 2.05) is 97.1 Å². The molecule has 0 aliphatic heterocycles. The van der Waals surface area contributed by atoms with Gasteiger partial charge in [-0.15, -0.1) is 22.7 Å². The summed E-state index contributed by atoms with van der Waals surface area (Å²) in [5.41, 5.74) is 25.6. The molecule has 0 unspecified atom stereocenters. The van der Waals surface area contributed by atoms with Gasteiger partial charge in [0.25, 0.3) is 0 Å². The third-order valence-electron chi connectivity index (χ3n) is 21.0. The van der Waals surface area contributed by atoms with E-state index in [4.69, 9.17) is 32.0 Å². The van der Waals surface area contributed by atoms with Crippen LogP contribution in [0.4, 0.5) is 8.78 Å². The average molecular weight is 1740 g/mol. The Labute approximate surface area is 763 Å². The molecule has 16 rings (SSSR count). The van der Waals surface area contributed by atoms with Crippen molar-refractivity contribution in [3.05, 3.63) is 418 Å². The number of hydrogen-bond acceptors (Lipinski definition) is 6. The van der Waals surface area contributed by atoms with Gasteiger partial charge in [-0.05, 0) is 211 Å². The lowest BCUT2D eigenvalue weighted by Gasteiger charge is -2.23. The van der Waals surface area contributed by atoms with E-state index < -0.39 is 0 Å². The molecule has 0 saturated heterocycles. The molecular formula is C115H124Cl2F2N2O2S2. The lowest BCUT2D eigenvalue weighted by molar-refractivity contribution is 0.558.